The molecule has 2 bridgehead atoms. The lowest BCUT2D eigenvalue weighted by molar-refractivity contribution is 0.0984. The summed E-state index contributed by atoms with van der Waals surface area (Å²) in [5.74, 6) is 2.02. The highest BCUT2D eigenvalue weighted by Crippen LogP contribution is 2.41. The molecular weight excluding hydrogens is 196 g/mol. The molecule has 3 atom stereocenters. The van der Waals surface area contributed by atoms with E-state index in [2.05, 4.69) is 24.2 Å². The van der Waals surface area contributed by atoms with Crippen molar-refractivity contribution in [3.05, 3.63) is 0 Å². The molecule has 16 heavy (non-hydrogen) atoms. The van der Waals surface area contributed by atoms with E-state index in [1.54, 1.807) is 0 Å². The van der Waals surface area contributed by atoms with E-state index in [-0.39, 0.29) is 0 Å². The Kier molecular flexibility index (Phi) is 2.97. The number of piperidine rings is 1. The van der Waals surface area contributed by atoms with Gasteiger partial charge in [-0.3, -0.25) is 4.90 Å². The number of fused-ring (bicyclic) bond motifs is 2. The Morgan fingerprint density at radius 3 is 2.25 bits per heavy atom. The first-order valence-corrected chi connectivity index (χ1v) is 7.21. The van der Waals surface area contributed by atoms with Crippen molar-refractivity contribution < 1.29 is 0 Å². The van der Waals surface area contributed by atoms with E-state index in [4.69, 9.17) is 0 Å². The molecule has 2 heteroatoms. The van der Waals surface area contributed by atoms with Crippen LogP contribution >= 0.6 is 0 Å². The quantitative estimate of drug-likeness (QED) is 0.785. The van der Waals surface area contributed by atoms with Gasteiger partial charge in [0.05, 0.1) is 0 Å². The summed E-state index contributed by atoms with van der Waals surface area (Å²) >= 11 is 0. The predicted octanol–water partition coefficient (Wildman–Crippen LogP) is 2.25. The van der Waals surface area contributed by atoms with Gasteiger partial charge < -0.3 is 5.32 Å². The summed E-state index contributed by atoms with van der Waals surface area (Å²) in [5, 5.41) is 3.49. The summed E-state index contributed by atoms with van der Waals surface area (Å²) in [6.07, 6.45) is 8.71. The molecule has 1 saturated carbocycles. The van der Waals surface area contributed by atoms with E-state index in [9.17, 15) is 0 Å². The minimum Gasteiger partial charge on any atom is -0.317 e. The molecule has 3 rings (SSSR count). The molecule has 0 aromatic heterocycles. The fraction of sp³-hybridized carbons (Fsp3) is 1.00. The van der Waals surface area contributed by atoms with E-state index < -0.39 is 0 Å². The fourth-order valence-corrected chi connectivity index (χ4v) is 3.95. The highest BCUT2D eigenvalue weighted by molar-refractivity contribution is 4.98. The summed E-state index contributed by atoms with van der Waals surface area (Å²) in [6.45, 7) is 3.86. The molecule has 2 nitrogen and oxygen atoms in total. The monoisotopic (exact) mass is 222 g/mol. The van der Waals surface area contributed by atoms with Crippen molar-refractivity contribution in [2.45, 2.75) is 63.6 Å². The first kappa shape index (κ1) is 11.0. The third-order valence-electron chi connectivity index (χ3n) is 5.22. The molecular formula is C14H26N2. The molecule has 3 aliphatic rings. The maximum absolute atomic E-state index is 3.49. The Labute approximate surface area is 99.8 Å². The average Bonchev–Trinajstić information content (AvgIpc) is 3.10. The van der Waals surface area contributed by atoms with Crippen molar-refractivity contribution in [2.24, 2.45) is 11.8 Å². The summed E-state index contributed by atoms with van der Waals surface area (Å²) in [4.78, 5) is 2.86. The van der Waals surface area contributed by atoms with Crippen LogP contribution in [0, 0.1) is 11.8 Å². The van der Waals surface area contributed by atoms with Crippen molar-refractivity contribution in [1.29, 1.82) is 0 Å². The van der Waals surface area contributed by atoms with Crippen molar-refractivity contribution in [1.82, 2.24) is 10.2 Å². The third kappa shape index (κ3) is 2.02. The van der Waals surface area contributed by atoms with Crippen LogP contribution in [0.1, 0.15) is 45.4 Å². The lowest BCUT2D eigenvalue weighted by atomic mass is 9.95. The van der Waals surface area contributed by atoms with E-state index in [1.807, 2.05) is 0 Å². The topological polar surface area (TPSA) is 15.3 Å². The Morgan fingerprint density at radius 2 is 1.75 bits per heavy atom. The van der Waals surface area contributed by atoms with Crippen LogP contribution in [0.25, 0.3) is 0 Å². The number of nitrogens with one attached hydrogen (secondary N) is 1. The standard InChI is InChI=1S/C14H26N2/c1-10(11-3-4-11)9-16-13-5-6-14(16)8-12(7-13)15-2/h10-15H,3-9H2,1-2H3. The molecule has 3 fully saturated rings. The molecule has 3 unspecified atom stereocenters. The number of nitrogens with zero attached hydrogens (tertiary/aromatic N) is 1. The minimum absolute atomic E-state index is 0.796. The van der Waals surface area contributed by atoms with Gasteiger partial charge in [-0.05, 0) is 57.4 Å². The van der Waals surface area contributed by atoms with Crippen molar-refractivity contribution in [3.63, 3.8) is 0 Å². The van der Waals surface area contributed by atoms with Crippen molar-refractivity contribution in [3.8, 4) is 0 Å². The normalized spacial score (nSPS) is 41.2. The maximum atomic E-state index is 3.49. The zero-order chi connectivity index (χ0) is 11.1. The number of rotatable bonds is 4. The summed E-state index contributed by atoms with van der Waals surface area (Å²) in [7, 11) is 2.13. The average molecular weight is 222 g/mol. The molecule has 2 saturated heterocycles. The second-order valence-corrected chi connectivity index (χ2v) is 6.35. The highest BCUT2D eigenvalue weighted by atomic mass is 15.2. The zero-order valence-electron chi connectivity index (χ0n) is 10.8. The molecule has 1 aliphatic carbocycles. The minimum atomic E-state index is 0.796. The Bertz CT molecular complexity index is 235. The molecule has 0 radical (unpaired) electrons. The van der Waals surface area contributed by atoms with Crippen LogP contribution in [0.5, 0.6) is 0 Å². The van der Waals surface area contributed by atoms with Gasteiger partial charge in [-0.1, -0.05) is 6.92 Å². The van der Waals surface area contributed by atoms with Gasteiger partial charge in [0.15, 0.2) is 0 Å². The molecule has 2 heterocycles. The lowest BCUT2D eigenvalue weighted by Crippen LogP contribution is -2.49. The Hall–Kier alpha value is -0.0800. The van der Waals surface area contributed by atoms with Gasteiger partial charge in [0.25, 0.3) is 0 Å². The summed E-state index contributed by atoms with van der Waals surface area (Å²) in [5.41, 5.74) is 0. The highest BCUT2D eigenvalue weighted by Gasteiger charge is 2.41. The number of hydrogen-bond acceptors (Lipinski definition) is 2. The van der Waals surface area contributed by atoms with Gasteiger partial charge in [-0.15, -0.1) is 0 Å². The molecule has 0 amide bonds. The molecule has 0 aromatic carbocycles. The van der Waals surface area contributed by atoms with Crippen LogP contribution in [-0.4, -0.2) is 36.6 Å². The van der Waals surface area contributed by atoms with Crippen molar-refractivity contribution in [2.75, 3.05) is 13.6 Å². The molecule has 0 aromatic rings. The fourth-order valence-electron chi connectivity index (χ4n) is 3.95. The van der Waals surface area contributed by atoms with Crippen LogP contribution in [0.3, 0.4) is 0 Å². The smallest absolute Gasteiger partial charge is 0.0114 e. The van der Waals surface area contributed by atoms with Gasteiger partial charge in [0, 0.05) is 24.7 Å². The van der Waals surface area contributed by atoms with Crippen molar-refractivity contribution >= 4 is 0 Å². The third-order valence-corrected chi connectivity index (χ3v) is 5.22. The van der Waals surface area contributed by atoms with Crippen LogP contribution in [0.4, 0.5) is 0 Å². The van der Waals surface area contributed by atoms with Crippen LogP contribution in [0.2, 0.25) is 0 Å². The van der Waals surface area contributed by atoms with Gasteiger partial charge in [0.1, 0.15) is 0 Å². The van der Waals surface area contributed by atoms with Crippen LogP contribution in [-0.2, 0) is 0 Å². The summed E-state index contributed by atoms with van der Waals surface area (Å²) in [6, 6.07) is 2.60. The second kappa shape index (κ2) is 4.30. The van der Waals surface area contributed by atoms with Gasteiger partial charge in [-0.25, -0.2) is 0 Å². The zero-order valence-corrected chi connectivity index (χ0v) is 10.8. The lowest BCUT2D eigenvalue weighted by Gasteiger charge is -2.40. The first-order valence-electron chi connectivity index (χ1n) is 7.21. The summed E-state index contributed by atoms with van der Waals surface area (Å²) < 4.78 is 0. The molecule has 92 valence electrons. The maximum Gasteiger partial charge on any atom is 0.0114 e. The predicted molar refractivity (Wildman–Crippen MR) is 67.5 cm³/mol. The largest absolute Gasteiger partial charge is 0.317 e. The molecule has 1 N–H and O–H groups in total. The van der Waals surface area contributed by atoms with Gasteiger partial charge in [-0.2, -0.15) is 0 Å². The van der Waals surface area contributed by atoms with E-state index in [1.165, 1.54) is 45.1 Å². The Morgan fingerprint density at radius 1 is 1.12 bits per heavy atom. The van der Waals surface area contributed by atoms with E-state index >= 15 is 0 Å². The van der Waals surface area contributed by atoms with E-state index in [0.717, 1.165) is 30.0 Å². The van der Waals surface area contributed by atoms with Gasteiger partial charge in [0.2, 0.25) is 0 Å². The van der Waals surface area contributed by atoms with Gasteiger partial charge >= 0.3 is 0 Å². The SMILES string of the molecule is CNC1CC2CCC(C1)N2CC(C)C1CC1. The Balaban J connectivity index is 1.59. The molecule has 2 aliphatic heterocycles. The number of hydrogen-bond donors (Lipinski definition) is 1. The van der Waals surface area contributed by atoms with Crippen LogP contribution in [0.15, 0.2) is 0 Å². The molecule has 0 spiro atoms. The van der Waals surface area contributed by atoms with E-state index in [0.29, 0.717) is 0 Å². The first-order chi connectivity index (χ1) is 7.78. The second-order valence-electron chi connectivity index (χ2n) is 6.35. The van der Waals surface area contributed by atoms with Crippen LogP contribution < -0.4 is 5.32 Å².